The van der Waals surface area contributed by atoms with Gasteiger partial charge in [0.1, 0.15) is 5.92 Å². The second-order valence-electron chi connectivity index (χ2n) is 4.99. The fourth-order valence-electron chi connectivity index (χ4n) is 1.53. The number of thiocarbonyl (C=S) groups is 1. The molecule has 0 aliphatic rings. The van der Waals surface area contributed by atoms with E-state index in [0.29, 0.717) is 0 Å². The van der Waals surface area contributed by atoms with E-state index in [2.05, 4.69) is 5.32 Å². The van der Waals surface area contributed by atoms with Crippen molar-refractivity contribution in [3.05, 3.63) is 35.9 Å². The van der Waals surface area contributed by atoms with Gasteiger partial charge in [-0.3, -0.25) is 4.79 Å². The summed E-state index contributed by atoms with van der Waals surface area (Å²) in [5, 5.41) is 2.89. The van der Waals surface area contributed by atoms with Crippen molar-refractivity contribution in [2.75, 3.05) is 0 Å². The molecule has 0 aliphatic carbocycles. The van der Waals surface area contributed by atoms with Crippen LogP contribution in [0.1, 0.15) is 32.3 Å². The number of carbonyl (C=O) groups excluding carboxylic acids is 1. The number of rotatable bonds is 3. The van der Waals surface area contributed by atoms with Crippen molar-refractivity contribution in [3.63, 3.8) is 0 Å². The van der Waals surface area contributed by atoms with Crippen molar-refractivity contribution in [2.24, 2.45) is 5.73 Å². The molecule has 1 atom stereocenters. The smallest absolute Gasteiger partial charge is 0.234 e. The molecule has 1 aromatic carbocycles. The molecule has 0 heterocycles. The number of amides is 1. The van der Waals surface area contributed by atoms with Gasteiger partial charge in [0, 0.05) is 5.54 Å². The second-order valence-corrected chi connectivity index (χ2v) is 5.46. The maximum atomic E-state index is 12.1. The number of nitrogens with two attached hydrogens (primary N) is 1. The first-order valence-electron chi connectivity index (χ1n) is 5.47. The number of hydrogen-bond donors (Lipinski definition) is 2. The Labute approximate surface area is 107 Å². The minimum absolute atomic E-state index is 0.156. The van der Waals surface area contributed by atoms with Crippen molar-refractivity contribution in [1.29, 1.82) is 0 Å². The Morgan fingerprint density at radius 3 is 2.24 bits per heavy atom. The highest BCUT2D eigenvalue weighted by molar-refractivity contribution is 7.80. The molecule has 3 nitrogen and oxygen atoms in total. The molecule has 0 fully saturated rings. The standard InChI is InChI=1S/C13H18N2OS/c1-13(2,3)15-12(16)10(11(14)17)9-7-5-4-6-8-9/h4-8,10H,1-3H3,(H2,14,17)(H,15,16). The van der Waals surface area contributed by atoms with Crippen LogP contribution in [-0.2, 0) is 4.79 Å². The van der Waals surface area contributed by atoms with E-state index < -0.39 is 5.92 Å². The van der Waals surface area contributed by atoms with Crippen LogP contribution in [0.5, 0.6) is 0 Å². The fraction of sp³-hybridized carbons (Fsp3) is 0.385. The molecule has 17 heavy (non-hydrogen) atoms. The Balaban J connectivity index is 2.96. The van der Waals surface area contributed by atoms with Crippen LogP contribution in [0.3, 0.4) is 0 Å². The average molecular weight is 250 g/mol. The topological polar surface area (TPSA) is 55.1 Å². The van der Waals surface area contributed by atoms with Gasteiger partial charge in [-0.1, -0.05) is 42.5 Å². The highest BCUT2D eigenvalue weighted by Gasteiger charge is 2.26. The van der Waals surface area contributed by atoms with Crippen molar-refractivity contribution >= 4 is 23.1 Å². The lowest BCUT2D eigenvalue weighted by molar-refractivity contribution is -0.122. The van der Waals surface area contributed by atoms with Gasteiger partial charge in [-0.15, -0.1) is 0 Å². The summed E-state index contributed by atoms with van der Waals surface area (Å²) in [6.45, 7) is 5.77. The molecule has 0 aliphatic heterocycles. The van der Waals surface area contributed by atoms with E-state index >= 15 is 0 Å². The van der Waals surface area contributed by atoms with E-state index in [1.807, 2.05) is 51.1 Å². The lowest BCUT2D eigenvalue weighted by Gasteiger charge is -2.24. The first-order valence-corrected chi connectivity index (χ1v) is 5.88. The third-order valence-electron chi connectivity index (χ3n) is 2.18. The summed E-state index contributed by atoms with van der Waals surface area (Å²) in [5.74, 6) is -0.721. The zero-order chi connectivity index (χ0) is 13.1. The molecule has 0 radical (unpaired) electrons. The van der Waals surface area contributed by atoms with Crippen LogP contribution < -0.4 is 11.1 Å². The fourth-order valence-corrected chi connectivity index (χ4v) is 1.78. The minimum atomic E-state index is -0.564. The van der Waals surface area contributed by atoms with E-state index in [0.717, 1.165) is 5.56 Å². The third-order valence-corrected chi connectivity index (χ3v) is 2.41. The Kier molecular flexibility index (Phi) is 4.23. The van der Waals surface area contributed by atoms with Gasteiger partial charge in [0.05, 0.1) is 4.99 Å². The van der Waals surface area contributed by atoms with Crippen molar-refractivity contribution in [2.45, 2.75) is 32.2 Å². The summed E-state index contributed by atoms with van der Waals surface area (Å²) in [5.41, 5.74) is 6.18. The van der Waals surface area contributed by atoms with Crippen LogP contribution in [0.15, 0.2) is 30.3 Å². The first-order chi connectivity index (χ1) is 7.81. The van der Waals surface area contributed by atoms with Gasteiger partial charge in [-0.2, -0.15) is 0 Å². The number of nitrogens with one attached hydrogen (secondary N) is 1. The molecule has 1 unspecified atom stereocenters. The average Bonchev–Trinajstić information content (AvgIpc) is 2.15. The summed E-state index contributed by atoms with van der Waals surface area (Å²) < 4.78 is 0. The van der Waals surface area contributed by atoms with E-state index in [4.69, 9.17) is 18.0 Å². The molecule has 0 saturated heterocycles. The van der Waals surface area contributed by atoms with E-state index in [1.54, 1.807) is 0 Å². The van der Waals surface area contributed by atoms with E-state index in [1.165, 1.54) is 0 Å². The van der Waals surface area contributed by atoms with Gasteiger partial charge >= 0.3 is 0 Å². The largest absolute Gasteiger partial charge is 0.392 e. The number of hydrogen-bond acceptors (Lipinski definition) is 2. The maximum absolute atomic E-state index is 12.1. The summed E-state index contributed by atoms with van der Waals surface area (Å²) in [4.78, 5) is 12.3. The SMILES string of the molecule is CC(C)(C)NC(=O)C(C(N)=S)c1ccccc1. The molecule has 92 valence electrons. The molecule has 0 aromatic heterocycles. The van der Waals surface area contributed by atoms with Gasteiger partial charge in [0.2, 0.25) is 5.91 Å². The van der Waals surface area contributed by atoms with Gasteiger partial charge in [-0.25, -0.2) is 0 Å². The van der Waals surface area contributed by atoms with Crippen molar-refractivity contribution in [1.82, 2.24) is 5.32 Å². The molecule has 1 aromatic rings. The zero-order valence-corrected chi connectivity index (χ0v) is 11.2. The molecule has 3 N–H and O–H groups in total. The molecule has 0 saturated carbocycles. The van der Waals surface area contributed by atoms with Crippen LogP contribution in [-0.4, -0.2) is 16.4 Å². The lowest BCUT2D eigenvalue weighted by Crippen LogP contribution is -2.45. The molecule has 1 amide bonds. The van der Waals surface area contributed by atoms with E-state index in [-0.39, 0.29) is 16.4 Å². The predicted molar refractivity (Wildman–Crippen MR) is 73.9 cm³/mol. The maximum Gasteiger partial charge on any atom is 0.234 e. The normalized spacial score (nSPS) is 12.9. The lowest BCUT2D eigenvalue weighted by atomic mass is 9.96. The zero-order valence-electron chi connectivity index (χ0n) is 10.4. The van der Waals surface area contributed by atoms with E-state index in [9.17, 15) is 4.79 Å². The van der Waals surface area contributed by atoms with Crippen LogP contribution in [0, 0.1) is 0 Å². The molecule has 1 rings (SSSR count). The molecular formula is C13H18N2OS. The molecule has 4 heteroatoms. The highest BCUT2D eigenvalue weighted by Crippen LogP contribution is 2.17. The highest BCUT2D eigenvalue weighted by atomic mass is 32.1. The Hall–Kier alpha value is -1.42. The summed E-state index contributed by atoms with van der Waals surface area (Å²) in [6.07, 6.45) is 0. The van der Waals surface area contributed by atoms with Gasteiger partial charge in [-0.05, 0) is 26.3 Å². The van der Waals surface area contributed by atoms with Gasteiger partial charge in [0.25, 0.3) is 0 Å². The summed E-state index contributed by atoms with van der Waals surface area (Å²) in [7, 11) is 0. The molecular weight excluding hydrogens is 232 g/mol. The monoisotopic (exact) mass is 250 g/mol. The van der Waals surface area contributed by atoms with Crippen LogP contribution in [0.4, 0.5) is 0 Å². The van der Waals surface area contributed by atoms with Crippen LogP contribution in [0.25, 0.3) is 0 Å². The van der Waals surface area contributed by atoms with Crippen molar-refractivity contribution in [3.8, 4) is 0 Å². The Morgan fingerprint density at radius 2 is 1.82 bits per heavy atom. The van der Waals surface area contributed by atoms with Gasteiger partial charge in [0.15, 0.2) is 0 Å². The van der Waals surface area contributed by atoms with Gasteiger partial charge < -0.3 is 11.1 Å². The van der Waals surface area contributed by atoms with Crippen LogP contribution >= 0.6 is 12.2 Å². The minimum Gasteiger partial charge on any atom is -0.392 e. The molecule has 0 bridgehead atoms. The summed E-state index contributed by atoms with van der Waals surface area (Å²) in [6, 6.07) is 9.33. The first kappa shape index (κ1) is 13.6. The number of carbonyl (C=O) groups is 1. The predicted octanol–water partition coefficient (Wildman–Crippen LogP) is 1.97. The third kappa shape index (κ3) is 4.15. The number of benzene rings is 1. The molecule has 0 spiro atoms. The van der Waals surface area contributed by atoms with Crippen molar-refractivity contribution < 1.29 is 4.79 Å². The quantitative estimate of drug-likeness (QED) is 0.806. The Bertz CT molecular complexity index is 409. The van der Waals surface area contributed by atoms with Crippen LogP contribution in [0.2, 0.25) is 0 Å². The Morgan fingerprint density at radius 1 is 1.29 bits per heavy atom. The summed E-state index contributed by atoms with van der Waals surface area (Å²) >= 11 is 4.98. The second kappa shape index (κ2) is 5.27.